The average molecular weight is 283 g/mol. The number of hydrogen-bond acceptors (Lipinski definition) is 2. The van der Waals surface area contributed by atoms with Crippen LogP contribution < -0.4 is 5.32 Å². The number of benzene rings is 1. The van der Waals surface area contributed by atoms with E-state index in [4.69, 9.17) is 5.11 Å². The van der Waals surface area contributed by atoms with Crippen LogP contribution in [-0.4, -0.2) is 23.0 Å². The molecule has 0 saturated carbocycles. The van der Waals surface area contributed by atoms with Crippen LogP contribution in [-0.2, 0) is 16.0 Å². The van der Waals surface area contributed by atoms with E-state index < -0.39 is 29.6 Å². The Balaban J connectivity index is 2.62. The molecule has 20 heavy (non-hydrogen) atoms. The number of carboxylic acids is 1. The summed E-state index contributed by atoms with van der Waals surface area (Å²) in [6, 6.07) is 2.09. The Hall–Kier alpha value is -2.24. The zero-order valence-corrected chi connectivity index (χ0v) is 10.7. The van der Waals surface area contributed by atoms with E-state index in [0.717, 1.165) is 12.1 Å². The van der Waals surface area contributed by atoms with Crippen molar-refractivity contribution in [2.75, 3.05) is 0 Å². The minimum atomic E-state index is -1.15. The molecule has 1 aromatic carbocycles. The summed E-state index contributed by atoms with van der Waals surface area (Å²) in [6.45, 7) is 3.47. The number of hydrogen-bond donors (Lipinski definition) is 2. The van der Waals surface area contributed by atoms with Crippen molar-refractivity contribution in [3.8, 4) is 0 Å². The van der Waals surface area contributed by atoms with E-state index in [1.54, 1.807) is 6.08 Å². The van der Waals surface area contributed by atoms with Gasteiger partial charge >= 0.3 is 5.97 Å². The molecule has 108 valence electrons. The Bertz CT molecular complexity index is 517. The van der Waals surface area contributed by atoms with Gasteiger partial charge in [-0.3, -0.25) is 4.79 Å². The van der Waals surface area contributed by atoms with E-state index in [1.807, 2.05) is 0 Å². The number of carbonyl (C=O) groups excluding carboxylic acids is 1. The summed E-state index contributed by atoms with van der Waals surface area (Å²) in [5, 5.41) is 11.3. The van der Waals surface area contributed by atoms with Crippen LogP contribution in [0.3, 0.4) is 0 Å². The summed E-state index contributed by atoms with van der Waals surface area (Å²) in [4.78, 5) is 22.6. The molecule has 0 aliphatic heterocycles. The first kappa shape index (κ1) is 15.8. The molecule has 1 aromatic rings. The molecule has 0 radical (unpaired) electrons. The van der Waals surface area contributed by atoms with Gasteiger partial charge < -0.3 is 10.4 Å². The fraction of sp³-hybridized carbons (Fsp3) is 0.286. The van der Waals surface area contributed by atoms with Gasteiger partial charge in [0.2, 0.25) is 5.91 Å². The lowest BCUT2D eigenvalue weighted by Crippen LogP contribution is -2.41. The first-order valence-corrected chi connectivity index (χ1v) is 6.01. The van der Waals surface area contributed by atoms with Crippen LogP contribution >= 0.6 is 0 Å². The zero-order chi connectivity index (χ0) is 15.1. The lowest BCUT2D eigenvalue weighted by atomic mass is 10.1. The van der Waals surface area contributed by atoms with Gasteiger partial charge in [0.05, 0.1) is 6.42 Å². The van der Waals surface area contributed by atoms with E-state index in [0.29, 0.717) is 6.42 Å². The molecule has 1 atom stereocenters. The SMILES string of the molecule is C=CCC[C@H](NC(=O)Cc1ccc(F)c(F)c1)C(=O)O. The summed E-state index contributed by atoms with van der Waals surface area (Å²) in [5.74, 6) is -3.75. The fourth-order valence-electron chi connectivity index (χ4n) is 1.62. The van der Waals surface area contributed by atoms with Crippen LogP contribution in [0.4, 0.5) is 8.78 Å². The maximum absolute atomic E-state index is 13.0. The number of carboxylic acid groups (broad SMARTS) is 1. The van der Waals surface area contributed by atoms with Gasteiger partial charge in [-0.05, 0) is 30.5 Å². The number of nitrogens with one attached hydrogen (secondary N) is 1. The number of halogens is 2. The molecule has 2 N–H and O–H groups in total. The minimum absolute atomic E-state index is 0.213. The lowest BCUT2D eigenvalue weighted by molar-refractivity contribution is -0.141. The quantitative estimate of drug-likeness (QED) is 0.753. The van der Waals surface area contributed by atoms with Gasteiger partial charge in [-0.2, -0.15) is 0 Å². The average Bonchev–Trinajstić information content (AvgIpc) is 2.38. The standard InChI is InChI=1S/C14H15F2NO3/c1-2-3-4-12(14(19)20)17-13(18)8-9-5-6-10(15)11(16)7-9/h2,5-7,12H,1,3-4,8H2,(H,17,18)(H,19,20)/t12-/m0/s1. The monoisotopic (exact) mass is 283 g/mol. The third-order valence-electron chi connectivity index (χ3n) is 2.64. The third kappa shape index (κ3) is 4.79. The molecule has 0 spiro atoms. The molecule has 0 fully saturated rings. The van der Waals surface area contributed by atoms with E-state index >= 15 is 0 Å². The highest BCUT2D eigenvalue weighted by Crippen LogP contribution is 2.09. The van der Waals surface area contributed by atoms with E-state index in [-0.39, 0.29) is 18.4 Å². The molecule has 6 heteroatoms. The van der Waals surface area contributed by atoms with Gasteiger partial charge in [-0.25, -0.2) is 13.6 Å². The summed E-state index contributed by atoms with van der Waals surface area (Å²) < 4.78 is 25.7. The predicted octanol–water partition coefficient (Wildman–Crippen LogP) is 2.04. The van der Waals surface area contributed by atoms with Crippen molar-refractivity contribution in [2.45, 2.75) is 25.3 Å². The van der Waals surface area contributed by atoms with Gasteiger partial charge in [0.25, 0.3) is 0 Å². The van der Waals surface area contributed by atoms with Crippen molar-refractivity contribution >= 4 is 11.9 Å². The lowest BCUT2D eigenvalue weighted by Gasteiger charge is -2.13. The second kappa shape index (κ2) is 7.37. The molecule has 0 heterocycles. The molecule has 0 aliphatic rings. The van der Waals surface area contributed by atoms with E-state index in [9.17, 15) is 18.4 Å². The maximum Gasteiger partial charge on any atom is 0.326 e. The Morgan fingerprint density at radius 2 is 2.05 bits per heavy atom. The molecule has 4 nitrogen and oxygen atoms in total. The molecule has 0 bridgehead atoms. The summed E-state index contributed by atoms with van der Waals surface area (Å²) in [6.07, 6.45) is 2.01. The first-order chi connectivity index (χ1) is 9.43. The topological polar surface area (TPSA) is 66.4 Å². The highest BCUT2D eigenvalue weighted by molar-refractivity contribution is 5.84. The maximum atomic E-state index is 13.0. The molecule has 1 amide bonds. The number of allylic oxidation sites excluding steroid dienone is 1. The van der Waals surface area contributed by atoms with Crippen molar-refractivity contribution in [3.05, 3.63) is 48.1 Å². The molecular weight excluding hydrogens is 268 g/mol. The minimum Gasteiger partial charge on any atom is -0.480 e. The van der Waals surface area contributed by atoms with Gasteiger partial charge in [0, 0.05) is 0 Å². The second-order valence-electron chi connectivity index (χ2n) is 4.25. The van der Waals surface area contributed by atoms with Crippen LogP contribution in [0.1, 0.15) is 18.4 Å². The van der Waals surface area contributed by atoms with Crippen LogP contribution in [0.5, 0.6) is 0 Å². The van der Waals surface area contributed by atoms with Gasteiger partial charge in [0.15, 0.2) is 11.6 Å². The number of aliphatic carboxylic acids is 1. The van der Waals surface area contributed by atoms with Crippen molar-refractivity contribution in [3.63, 3.8) is 0 Å². The van der Waals surface area contributed by atoms with Crippen LogP contribution in [0, 0.1) is 11.6 Å². The number of carbonyl (C=O) groups is 2. The Morgan fingerprint density at radius 3 is 2.60 bits per heavy atom. The zero-order valence-electron chi connectivity index (χ0n) is 10.7. The molecular formula is C14H15F2NO3. The Labute approximate surface area is 115 Å². The third-order valence-corrected chi connectivity index (χ3v) is 2.64. The summed E-state index contributed by atoms with van der Waals surface area (Å²) >= 11 is 0. The van der Waals surface area contributed by atoms with Gasteiger partial charge in [-0.1, -0.05) is 12.1 Å². The Kier molecular flexibility index (Phi) is 5.83. The van der Waals surface area contributed by atoms with Crippen LogP contribution in [0.15, 0.2) is 30.9 Å². The molecule has 0 aromatic heterocycles. The van der Waals surface area contributed by atoms with Gasteiger partial charge in [0.1, 0.15) is 6.04 Å². The number of amides is 1. The van der Waals surface area contributed by atoms with E-state index in [2.05, 4.69) is 11.9 Å². The molecule has 0 unspecified atom stereocenters. The van der Waals surface area contributed by atoms with Crippen molar-refractivity contribution in [1.82, 2.24) is 5.32 Å². The van der Waals surface area contributed by atoms with Crippen molar-refractivity contribution in [2.24, 2.45) is 0 Å². The highest BCUT2D eigenvalue weighted by Gasteiger charge is 2.19. The smallest absolute Gasteiger partial charge is 0.326 e. The highest BCUT2D eigenvalue weighted by atomic mass is 19.2. The normalized spacial score (nSPS) is 11.7. The Morgan fingerprint density at radius 1 is 1.35 bits per heavy atom. The molecule has 0 aliphatic carbocycles. The van der Waals surface area contributed by atoms with Crippen LogP contribution in [0.2, 0.25) is 0 Å². The van der Waals surface area contributed by atoms with Crippen molar-refractivity contribution < 1.29 is 23.5 Å². The van der Waals surface area contributed by atoms with Gasteiger partial charge in [-0.15, -0.1) is 6.58 Å². The number of rotatable bonds is 7. The fourth-order valence-corrected chi connectivity index (χ4v) is 1.62. The molecule has 1 rings (SSSR count). The van der Waals surface area contributed by atoms with Crippen LogP contribution in [0.25, 0.3) is 0 Å². The largest absolute Gasteiger partial charge is 0.480 e. The van der Waals surface area contributed by atoms with Crippen molar-refractivity contribution in [1.29, 1.82) is 0 Å². The molecule has 0 saturated heterocycles. The second-order valence-corrected chi connectivity index (χ2v) is 4.25. The summed E-state index contributed by atoms with van der Waals surface area (Å²) in [5.41, 5.74) is 0.272. The summed E-state index contributed by atoms with van der Waals surface area (Å²) in [7, 11) is 0. The first-order valence-electron chi connectivity index (χ1n) is 6.01. The predicted molar refractivity (Wildman–Crippen MR) is 69.1 cm³/mol. The van der Waals surface area contributed by atoms with E-state index in [1.165, 1.54) is 6.07 Å².